The number of carbonyl (C=O) groups is 1. The van der Waals surface area contributed by atoms with Crippen LogP contribution < -0.4 is 19.5 Å². The number of amides is 1. The fraction of sp³-hybridized carbons (Fsp3) is 0.389. The van der Waals surface area contributed by atoms with Gasteiger partial charge < -0.3 is 19.2 Å². The van der Waals surface area contributed by atoms with Crippen LogP contribution in [0.2, 0.25) is 0 Å². The average Bonchev–Trinajstić information content (AvgIpc) is 3.17. The van der Waals surface area contributed by atoms with Crippen molar-refractivity contribution in [1.82, 2.24) is 10.0 Å². The minimum atomic E-state index is -4.04. The molecule has 0 aliphatic heterocycles. The SMILES string of the molecule is COc1ccc(OC)c(S(=O)(=O)N[C@@H](C(=O)NCc2ccco2)C(C)C)c1. The Morgan fingerprint density at radius 1 is 1.19 bits per heavy atom. The standard InChI is InChI=1S/C18H24N2O6S/c1-12(2)17(18(21)19-11-14-6-5-9-26-14)20-27(22,23)16-10-13(24-3)7-8-15(16)25-4/h5-10,12,17,20H,11H2,1-4H3,(H,19,21)/t17-/m1/s1. The van der Waals surface area contributed by atoms with E-state index in [1.165, 1.54) is 32.6 Å². The molecular weight excluding hydrogens is 372 g/mol. The van der Waals surface area contributed by atoms with Gasteiger partial charge in [0.2, 0.25) is 15.9 Å². The Balaban J connectivity index is 2.22. The number of benzene rings is 1. The Kier molecular flexibility index (Phi) is 6.86. The number of hydrogen-bond donors (Lipinski definition) is 2. The highest BCUT2D eigenvalue weighted by Gasteiger charge is 2.30. The molecule has 1 amide bonds. The molecule has 1 heterocycles. The van der Waals surface area contributed by atoms with Crippen molar-refractivity contribution >= 4 is 15.9 Å². The molecule has 0 saturated heterocycles. The van der Waals surface area contributed by atoms with Crippen LogP contribution in [0.1, 0.15) is 19.6 Å². The summed E-state index contributed by atoms with van der Waals surface area (Å²) in [4.78, 5) is 12.4. The molecule has 0 aliphatic carbocycles. The van der Waals surface area contributed by atoms with Crippen LogP contribution >= 0.6 is 0 Å². The normalized spacial score (nSPS) is 12.6. The van der Waals surface area contributed by atoms with E-state index in [0.29, 0.717) is 11.5 Å². The Hall–Kier alpha value is -2.52. The largest absolute Gasteiger partial charge is 0.497 e. The van der Waals surface area contributed by atoms with Crippen molar-refractivity contribution in [3.63, 3.8) is 0 Å². The highest BCUT2D eigenvalue weighted by Crippen LogP contribution is 2.28. The highest BCUT2D eigenvalue weighted by atomic mass is 32.2. The van der Waals surface area contributed by atoms with Gasteiger partial charge in [0.25, 0.3) is 0 Å². The fourth-order valence-corrected chi connectivity index (χ4v) is 3.94. The van der Waals surface area contributed by atoms with Crippen LogP contribution in [0.15, 0.2) is 45.9 Å². The molecule has 9 heteroatoms. The lowest BCUT2D eigenvalue weighted by atomic mass is 10.1. The lowest BCUT2D eigenvalue weighted by Crippen LogP contribution is -2.49. The summed E-state index contributed by atoms with van der Waals surface area (Å²) in [5.74, 6) is 0.351. The van der Waals surface area contributed by atoms with Crippen LogP contribution in [0.3, 0.4) is 0 Å². The molecule has 1 aromatic carbocycles. The Labute approximate surface area is 158 Å². The van der Waals surface area contributed by atoms with Gasteiger partial charge in [0, 0.05) is 6.07 Å². The zero-order valence-electron chi connectivity index (χ0n) is 15.7. The molecule has 1 aromatic heterocycles. The summed E-state index contributed by atoms with van der Waals surface area (Å²) in [6.07, 6.45) is 1.50. The van der Waals surface area contributed by atoms with E-state index in [1.54, 1.807) is 32.0 Å². The zero-order chi connectivity index (χ0) is 20.0. The van der Waals surface area contributed by atoms with E-state index in [2.05, 4.69) is 10.0 Å². The van der Waals surface area contributed by atoms with Crippen LogP contribution in [0.5, 0.6) is 11.5 Å². The molecule has 2 N–H and O–H groups in total. The second kappa shape index (κ2) is 8.92. The first-order valence-electron chi connectivity index (χ1n) is 8.33. The minimum absolute atomic E-state index is 0.103. The lowest BCUT2D eigenvalue weighted by Gasteiger charge is -2.22. The minimum Gasteiger partial charge on any atom is -0.497 e. The molecule has 0 saturated carbocycles. The predicted molar refractivity (Wildman–Crippen MR) is 99.0 cm³/mol. The number of ether oxygens (including phenoxy) is 2. The maximum absolute atomic E-state index is 12.9. The van der Waals surface area contributed by atoms with Crippen LogP contribution in [-0.4, -0.2) is 34.6 Å². The summed E-state index contributed by atoms with van der Waals surface area (Å²) in [5.41, 5.74) is 0. The Bertz CT molecular complexity index is 862. The third-order valence-corrected chi connectivity index (χ3v) is 5.37. The van der Waals surface area contributed by atoms with Gasteiger partial charge in [0.05, 0.1) is 27.0 Å². The van der Waals surface area contributed by atoms with Crippen molar-refractivity contribution < 1.29 is 27.1 Å². The van der Waals surface area contributed by atoms with Gasteiger partial charge in [-0.1, -0.05) is 13.8 Å². The third kappa shape index (κ3) is 5.24. The quantitative estimate of drug-likeness (QED) is 0.671. The average molecular weight is 396 g/mol. The first-order valence-corrected chi connectivity index (χ1v) is 9.81. The third-order valence-electron chi connectivity index (χ3n) is 3.91. The van der Waals surface area contributed by atoms with Gasteiger partial charge in [-0.2, -0.15) is 4.72 Å². The number of hydrogen-bond acceptors (Lipinski definition) is 6. The number of nitrogens with one attached hydrogen (secondary N) is 2. The van der Waals surface area contributed by atoms with Crippen molar-refractivity contribution in [3.05, 3.63) is 42.4 Å². The second-order valence-electron chi connectivity index (χ2n) is 6.16. The summed E-state index contributed by atoms with van der Waals surface area (Å²) in [5, 5.41) is 2.68. The first kappa shape index (κ1) is 20.8. The number of furan rings is 1. The molecule has 0 unspecified atom stereocenters. The molecule has 0 bridgehead atoms. The molecule has 2 aromatic rings. The summed E-state index contributed by atoms with van der Waals surface area (Å²) in [6, 6.07) is 6.89. The molecule has 8 nitrogen and oxygen atoms in total. The van der Waals surface area contributed by atoms with Gasteiger partial charge in [-0.25, -0.2) is 8.42 Å². The number of sulfonamides is 1. The summed E-state index contributed by atoms with van der Waals surface area (Å²) in [7, 11) is -1.23. The van der Waals surface area contributed by atoms with Crippen molar-refractivity contribution in [2.45, 2.75) is 31.3 Å². The number of rotatable bonds is 9. The van der Waals surface area contributed by atoms with E-state index in [1.807, 2.05) is 0 Å². The van der Waals surface area contributed by atoms with Gasteiger partial charge >= 0.3 is 0 Å². The smallest absolute Gasteiger partial charge is 0.245 e. The van der Waals surface area contributed by atoms with E-state index in [-0.39, 0.29) is 23.1 Å². The maximum Gasteiger partial charge on any atom is 0.245 e. The molecule has 27 heavy (non-hydrogen) atoms. The van der Waals surface area contributed by atoms with E-state index < -0.39 is 22.0 Å². The van der Waals surface area contributed by atoms with E-state index in [0.717, 1.165) is 0 Å². The predicted octanol–water partition coefficient (Wildman–Crippen LogP) is 1.92. The molecule has 2 rings (SSSR count). The summed E-state index contributed by atoms with van der Waals surface area (Å²) < 4.78 is 43.6. The monoisotopic (exact) mass is 396 g/mol. The number of carbonyl (C=O) groups excluding carboxylic acids is 1. The van der Waals surface area contributed by atoms with E-state index in [9.17, 15) is 13.2 Å². The van der Waals surface area contributed by atoms with Crippen molar-refractivity contribution in [2.75, 3.05) is 14.2 Å². The molecule has 148 valence electrons. The summed E-state index contributed by atoms with van der Waals surface area (Å²) >= 11 is 0. The molecule has 1 atom stereocenters. The molecular formula is C18H24N2O6S. The zero-order valence-corrected chi connectivity index (χ0v) is 16.5. The highest BCUT2D eigenvalue weighted by molar-refractivity contribution is 7.89. The molecule has 0 radical (unpaired) electrons. The topological polar surface area (TPSA) is 107 Å². The van der Waals surface area contributed by atoms with Crippen LogP contribution in [-0.2, 0) is 21.4 Å². The maximum atomic E-state index is 12.9. The first-order chi connectivity index (χ1) is 12.8. The van der Waals surface area contributed by atoms with Crippen LogP contribution in [0, 0.1) is 5.92 Å². The van der Waals surface area contributed by atoms with E-state index >= 15 is 0 Å². The van der Waals surface area contributed by atoms with Crippen LogP contribution in [0.4, 0.5) is 0 Å². The Morgan fingerprint density at radius 3 is 2.48 bits per heavy atom. The Morgan fingerprint density at radius 2 is 1.93 bits per heavy atom. The van der Waals surface area contributed by atoms with E-state index in [4.69, 9.17) is 13.9 Å². The van der Waals surface area contributed by atoms with Crippen molar-refractivity contribution in [1.29, 1.82) is 0 Å². The molecule has 0 fully saturated rings. The van der Waals surface area contributed by atoms with Crippen molar-refractivity contribution in [2.24, 2.45) is 5.92 Å². The van der Waals surface area contributed by atoms with Crippen LogP contribution in [0.25, 0.3) is 0 Å². The molecule has 0 aliphatic rings. The van der Waals surface area contributed by atoms with Crippen molar-refractivity contribution in [3.8, 4) is 11.5 Å². The summed E-state index contributed by atoms with van der Waals surface area (Å²) in [6.45, 7) is 3.67. The second-order valence-corrected chi connectivity index (χ2v) is 7.84. The van der Waals surface area contributed by atoms with Gasteiger partial charge in [-0.05, 0) is 30.2 Å². The molecule has 0 spiro atoms. The van der Waals surface area contributed by atoms with Gasteiger partial charge in [0.1, 0.15) is 28.2 Å². The number of methoxy groups -OCH3 is 2. The lowest BCUT2D eigenvalue weighted by molar-refractivity contribution is -0.123. The fourth-order valence-electron chi connectivity index (χ4n) is 2.41. The van der Waals surface area contributed by atoms with Gasteiger partial charge in [0.15, 0.2) is 0 Å². The van der Waals surface area contributed by atoms with Gasteiger partial charge in [-0.15, -0.1) is 0 Å². The van der Waals surface area contributed by atoms with Gasteiger partial charge in [-0.3, -0.25) is 4.79 Å².